The molecule has 0 aromatic heterocycles. The molecule has 0 bridgehead atoms. The van der Waals surface area contributed by atoms with Crippen LogP contribution in [0.4, 0.5) is 0 Å². The first-order valence-electron chi connectivity index (χ1n) is 2.77. The second kappa shape index (κ2) is 5.47. The van der Waals surface area contributed by atoms with Crippen molar-refractivity contribution in [1.29, 1.82) is 0 Å². The summed E-state index contributed by atoms with van der Waals surface area (Å²) in [5, 5.41) is 0.729. The summed E-state index contributed by atoms with van der Waals surface area (Å²) in [5.74, 6) is 0. The monoisotopic (exact) mass is 309 g/mol. The van der Waals surface area contributed by atoms with Gasteiger partial charge in [-0.3, -0.25) is 0 Å². The highest BCUT2D eigenvalue weighted by Crippen LogP contribution is 2.01. The standard InChI is InChI=1S/C4H9Br2NO3S/c1-11(8,9)10-7-3-4(6)2-5/h4,7H,2-3H2,1H3. The predicted octanol–water partition coefficient (Wildman–Crippen LogP) is 0.626. The Balaban J connectivity index is 3.43. The van der Waals surface area contributed by atoms with Crippen molar-refractivity contribution in [1.82, 2.24) is 5.48 Å². The molecule has 68 valence electrons. The molecule has 0 spiro atoms. The van der Waals surface area contributed by atoms with E-state index in [0.717, 1.165) is 11.6 Å². The van der Waals surface area contributed by atoms with Gasteiger partial charge in [0.1, 0.15) is 0 Å². The molecule has 0 rings (SSSR count). The summed E-state index contributed by atoms with van der Waals surface area (Å²) in [4.78, 5) is 0.157. The summed E-state index contributed by atoms with van der Waals surface area (Å²) in [7, 11) is -3.38. The summed E-state index contributed by atoms with van der Waals surface area (Å²) in [6.07, 6.45) is 0.984. The summed E-state index contributed by atoms with van der Waals surface area (Å²) in [6, 6.07) is 0. The number of halogens is 2. The molecular formula is C4H9Br2NO3S. The molecule has 0 aliphatic carbocycles. The number of hydroxylamine groups is 1. The fraction of sp³-hybridized carbons (Fsp3) is 1.00. The molecule has 0 aromatic rings. The molecule has 0 radical (unpaired) electrons. The van der Waals surface area contributed by atoms with Crippen LogP contribution >= 0.6 is 31.9 Å². The second-order valence-corrected chi connectivity index (χ2v) is 5.40. The van der Waals surface area contributed by atoms with Crippen LogP contribution in [0.3, 0.4) is 0 Å². The van der Waals surface area contributed by atoms with Gasteiger partial charge in [0.15, 0.2) is 0 Å². The summed E-state index contributed by atoms with van der Waals surface area (Å²) in [6.45, 7) is 0.429. The van der Waals surface area contributed by atoms with Gasteiger partial charge in [0.05, 0.1) is 6.26 Å². The van der Waals surface area contributed by atoms with E-state index < -0.39 is 10.1 Å². The first-order valence-corrected chi connectivity index (χ1v) is 6.62. The largest absolute Gasteiger partial charge is 0.280 e. The van der Waals surface area contributed by atoms with Gasteiger partial charge < -0.3 is 0 Å². The van der Waals surface area contributed by atoms with Gasteiger partial charge in [-0.25, -0.2) is 0 Å². The average molecular weight is 311 g/mol. The van der Waals surface area contributed by atoms with Crippen molar-refractivity contribution in [2.75, 3.05) is 18.1 Å². The predicted molar refractivity (Wildman–Crippen MR) is 50.4 cm³/mol. The summed E-state index contributed by atoms with van der Waals surface area (Å²) < 4.78 is 25.1. The quantitative estimate of drug-likeness (QED) is 0.598. The molecule has 11 heavy (non-hydrogen) atoms. The molecule has 7 heteroatoms. The van der Waals surface area contributed by atoms with Crippen LogP contribution in [0.1, 0.15) is 0 Å². The van der Waals surface area contributed by atoms with Gasteiger partial charge in [-0.15, -0.1) is 0 Å². The van der Waals surface area contributed by atoms with E-state index in [-0.39, 0.29) is 4.83 Å². The first-order chi connectivity index (χ1) is 4.95. The third-order valence-electron chi connectivity index (χ3n) is 0.683. The fourth-order valence-electron chi connectivity index (χ4n) is 0.286. The third kappa shape index (κ3) is 8.74. The highest BCUT2D eigenvalue weighted by Gasteiger charge is 2.04. The van der Waals surface area contributed by atoms with E-state index in [0.29, 0.717) is 6.54 Å². The minimum atomic E-state index is -3.38. The van der Waals surface area contributed by atoms with Crippen molar-refractivity contribution in [2.24, 2.45) is 0 Å². The van der Waals surface area contributed by atoms with E-state index in [1.54, 1.807) is 0 Å². The zero-order valence-corrected chi connectivity index (χ0v) is 9.87. The molecule has 1 N–H and O–H groups in total. The molecule has 0 fully saturated rings. The highest BCUT2D eigenvalue weighted by atomic mass is 79.9. The SMILES string of the molecule is CS(=O)(=O)ONCC(Br)CBr. The van der Waals surface area contributed by atoms with E-state index in [1.807, 2.05) is 0 Å². The normalized spacial score (nSPS) is 14.8. The van der Waals surface area contributed by atoms with E-state index in [2.05, 4.69) is 41.6 Å². The van der Waals surface area contributed by atoms with E-state index in [4.69, 9.17) is 0 Å². The Morgan fingerprint density at radius 1 is 1.64 bits per heavy atom. The minimum absolute atomic E-state index is 0.157. The molecule has 0 heterocycles. The van der Waals surface area contributed by atoms with Gasteiger partial charge >= 0.3 is 0 Å². The zero-order valence-electron chi connectivity index (χ0n) is 5.88. The van der Waals surface area contributed by atoms with Crippen molar-refractivity contribution in [3.63, 3.8) is 0 Å². The maximum Gasteiger partial charge on any atom is 0.280 e. The van der Waals surface area contributed by atoms with Crippen molar-refractivity contribution in [3.05, 3.63) is 0 Å². The molecule has 1 unspecified atom stereocenters. The van der Waals surface area contributed by atoms with Crippen LogP contribution in [0.2, 0.25) is 0 Å². The van der Waals surface area contributed by atoms with Gasteiger partial charge in [-0.2, -0.15) is 18.2 Å². The maximum absolute atomic E-state index is 10.4. The minimum Gasteiger partial charge on any atom is -0.198 e. The Bertz CT molecular complexity index is 194. The molecule has 0 aromatic carbocycles. The lowest BCUT2D eigenvalue weighted by molar-refractivity contribution is 0.209. The topological polar surface area (TPSA) is 55.4 Å². The lowest BCUT2D eigenvalue weighted by Gasteiger charge is -2.05. The van der Waals surface area contributed by atoms with Crippen LogP contribution in [0.5, 0.6) is 0 Å². The van der Waals surface area contributed by atoms with E-state index in [1.165, 1.54) is 0 Å². The first kappa shape index (κ1) is 11.8. The second-order valence-electron chi connectivity index (χ2n) is 1.89. The van der Waals surface area contributed by atoms with Crippen molar-refractivity contribution in [2.45, 2.75) is 4.83 Å². The Morgan fingerprint density at radius 2 is 2.18 bits per heavy atom. The third-order valence-corrected chi connectivity index (χ3v) is 3.40. The lowest BCUT2D eigenvalue weighted by Crippen LogP contribution is -2.26. The van der Waals surface area contributed by atoms with Gasteiger partial charge in [0.25, 0.3) is 10.1 Å². The number of rotatable bonds is 5. The summed E-state index contributed by atoms with van der Waals surface area (Å²) >= 11 is 6.46. The number of hydrogen-bond donors (Lipinski definition) is 1. The number of alkyl halides is 2. The van der Waals surface area contributed by atoms with Crippen molar-refractivity contribution < 1.29 is 12.7 Å². The van der Waals surface area contributed by atoms with Crippen LogP contribution in [0.25, 0.3) is 0 Å². The van der Waals surface area contributed by atoms with E-state index >= 15 is 0 Å². The number of hydrogen-bond acceptors (Lipinski definition) is 4. The summed E-state index contributed by atoms with van der Waals surface area (Å²) in [5.41, 5.74) is 2.31. The Hall–Kier alpha value is 0.830. The van der Waals surface area contributed by atoms with Crippen molar-refractivity contribution >= 4 is 42.0 Å². The smallest absolute Gasteiger partial charge is 0.198 e. The molecule has 0 aliphatic heterocycles. The van der Waals surface area contributed by atoms with Crippen LogP contribution < -0.4 is 5.48 Å². The molecule has 0 amide bonds. The Labute approximate surface area is 83.0 Å². The zero-order chi connectivity index (χ0) is 8.91. The molecule has 1 atom stereocenters. The van der Waals surface area contributed by atoms with Gasteiger partial charge in [0, 0.05) is 16.7 Å². The molecule has 0 aliphatic rings. The van der Waals surface area contributed by atoms with E-state index in [9.17, 15) is 8.42 Å². The molecule has 4 nitrogen and oxygen atoms in total. The van der Waals surface area contributed by atoms with Crippen molar-refractivity contribution in [3.8, 4) is 0 Å². The maximum atomic E-state index is 10.4. The molecular weight excluding hydrogens is 302 g/mol. The molecule has 0 saturated carbocycles. The highest BCUT2D eigenvalue weighted by molar-refractivity contribution is 9.12. The molecule has 0 saturated heterocycles. The average Bonchev–Trinajstić information content (AvgIpc) is 1.85. The Kier molecular flexibility index (Phi) is 5.88. The lowest BCUT2D eigenvalue weighted by atomic mass is 10.5. The Morgan fingerprint density at radius 3 is 2.55 bits per heavy atom. The van der Waals surface area contributed by atoms with Gasteiger partial charge in [-0.05, 0) is 0 Å². The van der Waals surface area contributed by atoms with Gasteiger partial charge in [0.2, 0.25) is 0 Å². The van der Waals surface area contributed by atoms with Crippen LogP contribution in [0, 0.1) is 0 Å². The number of nitrogens with one attached hydrogen (secondary N) is 1. The fourth-order valence-corrected chi connectivity index (χ4v) is 0.929. The van der Waals surface area contributed by atoms with Gasteiger partial charge in [-0.1, -0.05) is 31.9 Å². The van der Waals surface area contributed by atoms with Crippen LogP contribution in [0.15, 0.2) is 0 Å². The van der Waals surface area contributed by atoms with Crippen LogP contribution in [-0.4, -0.2) is 31.4 Å². The van der Waals surface area contributed by atoms with Crippen LogP contribution in [-0.2, 0) is 14.4 Å².